The lowest BCUT2D eigenvalue weighted by molar-refractivity contribution is 0.145. The number of hydrogen-bond acceptors (Lipinski definition) is 3. The number of hydrogen-bond donors (Lipinski definition) is 2. The second kappa shape index (κ2) is 11.7. The highest BCUT2D eigenvalue weighted by atomic mass is 32.1. The van der Waals surface area contributed by atoms with E-state index in [-0.39, 0.29) is 0 Å². The third kappa shape index (κ3) is 10.7. The molecule has 0 saturated carbocycles. The predicted molar refractivity (Wildman–Crippen MR) is 61.6 cm³/mol. The van der Waals surface area contributed by atoms with Crippen LogP contribution in [0.2, 0.25) is 0 Å². The summed E-state index contributed by atoms with van der Waals surface area (Å²) in [5.41, 5.74) is 0. The monoisotopic (exact) mass is 208 g/mol. The van der Waals surface area contributed by atoms with Crippen molar-refractivity contribution in [2.75, 3.05) is 24.7 Å². The van der Waals surface area contributed by atoms with Crippen LogP contribution in [0.4, 0.5) is 0 Å². The van der Waals surface area contributed by atoms with Crippen LogP contribution in [0, 0.1) is 0 Å². The van der Waals surface area contributed by atoms with Gasteiger partial charge in [0, 0.05) is 12.4 Å². The van der Waals surface area contributed by atoms with Gasteiger partial charge in [0.2, 0.25) is 0 Å². The summed E-state index contributed by atoms with van der Waals surface area (Å²) in [6.07, 6.45) is 6.38. The van der Waals surface area contributed by atoms with E-state index >= 15 is 0 Å². The second-order valence-corrected chi connectivity index (χ2v) is 3.72. The molecular weight excluding hydrogens is 188 g/mol. The minimum Gasteiger partial charge on any atom is -0.381 e. The third-order valence-corrected chi connectivity index (χ3v) is 2.18. The van der Waals surface area contributed by atoms with Crippen LogP contribution < -0.4 is 0 Å². The molecule has 0 aliphatic rings. The fourth-order valence-corrected chi connectivity index (χ4v) is 1.37. The summed E-state index contributed by atoms with van der Waals surface area (Å²) in [6, 6.07) is 0. The van der Waals surface area contributed by atoms with E-state index in [0.29, 0.717) is 0 Å². The van der Waals surface area contributed by atoms with Gasteiger partial charge in [0.15, 0.2) is 0 Å². The summed E-state index contributed by atoms with van der Waals surface area (Å²) in [5.74, 6) is 1.86. The lowest BCUT2D eigenvalue weighted by Crippen LogP contribution is -1.97. The minimum absolute atomic E-state index is 0.791. The van der Waals surface area contributed by atoms with Crippen molar-refractivity contribution < 1.29 is 4.74 Å². The molecule has 0 N–H and O–H groups in total. The Balaban J connectivity index is 2.73. The lowest BCUT2D eigenvalue weighted by atomic mass is 10.2. The average Bonchev–Trinajstić information content (AvgIpc) is 2.10. The first-order chi connectivity index (χ1) is 5.91. The van der Waals surface area contributed by atoms with Gasteiger partial charge in [0.25, 0.3) is 0 Å². The largest absolute Gasteiger partial charge is 0.381 e. The van der Waals surface area contributed by atoms with Gasteiger partial charge in [0.1, 0.15) is 0 Å². The molecule has 0 aromatic rings. The van der Waals surface area contributed by atoms with Gasteiger partial charge in [0.05, 0.1) is 6.61 Å². The van der Waals surface area contributed by atoms with E-state index < -0.39 is 0 Å². The van der Waals surface area contributed by atoms with Crippen LogP contribution in [0.5, 0.6) is 0 Å². The van der Waals surface area contributed by atoms with E-state index in [1.165, 1.54) is 32.1 Å². The molecule has 0 spiro atoms. The smallest absolute Gasteiger partial charge is 0.0554 e. The van der Waals surface area contributed by atoms with Crippen LogP contribution in [0.3, 0.4) is 0 Å². The van der Waals surface area contributed by atoms with E-state index in [9.17, 15) is 0 Å². The Morgan fingerprint density at radius 2 is 1.33 bits per heavy atom. The highest BCUT2D eigenvalue weighted by molar-refractivity contribution is 7.80. The van der Waals surface area contributed by atoms with Gasteiger partial charge >= 0.3 is 0 Å². The Morgan fingerprint density at radius 3 is 2.00 bits per heavy atom. The zero-order valence-corrected chi connectivity index (χ0v) is 9.46. The van der Waals surface area contributed by atoms with Crippen molar-refractivity contribution in [3.8, 4) is 0 Å². The quantitative estimate of drug-likeness (QED) is 0.438. The summed E-state index contributed by atoms with van der Waals surface area (Å²) < 4.78 is 5.30. The maximum Gasteiger partial charge on any atom is 0.0554 e. The molecular formula is C9H20OS2. The molecule has 74 valence electrons. The molecule has 0 rings (SSSR count). The molecule has 0 aromatic carbocycles. The summed E-state index contributed by atoms with van der Waals surface area (Å²) >= 11 is 8.22. The van der Waals surface area contributed by atoms with Gasteiger partial charge in [-0.25, -0.2) is 0 Å². The first kappa shape index (κ1) is 12.7. The Labute approximate surface area is 87.1 Å². The van der Waals surface area contributed by atoms with Crippen molar-refractivity contribution in [1.29, 1.82) is 0 Å². The molecule has 0 bridgehead atoms. The fraction of sp³-hybridized carbons (Fsp3) is 1.00. The minimum atomic E-state index is 0.791. The van der Waals surface area contributed by atoms with Gasteiger partial charge in [-0.15, -0.1) is 0 Å². The molecule has 0 aliphatic heterocycles. The van der Waals surface area contributed by atoms with Crippen molar-refractivity contribution in [2.24, 2.45) is 0 Å². The van der Waals surface area contributed by atoms with Crippen LogP contribution in [0.15, 0.2) is 0 Å². The van der Waals surface area contributed by atoms with Crippen LogP contribution >= 0.6 is 25.3 Å². The molecule has 0 aliphatic carbocycles. The molecule has 0 radical (unpaired) electrons. The van der Waals surface area contributed by atoms with Crippen molar-refractivity contribution in [1.82, 2.24) is 0 Å². The Bertz CT molecular complexity index is 68.9. The van der Waals surface area contributed by atoms with Crippen LogP contribution in [0.25, 0.3) is 0 Å². The summed E-state index contributed by atoms with van der Waals surface area (Å²) in [5, 5.41) is 0. The number of thiol groups is 2. The molecule has 1 nitrogen and oxygen atoms in total. The zero-order valence-electron chi connectivity index (χ0n) is 7.67. The van der Waals surface area contributed by atoms with Gasteiger partial charge in [-0.1, -0.05) is 19.3 Å². The van der Waals surface area contributed by atoms with Crippen molar-refractivity contribution in [2.45, 2.75) is 32.1 Å². The highest BCUT2D eigenvalue weighted by Crippen LogP contribution is 2.03. The van der Waals surface area contributed by atoms with Crippen LogP contribution in [0.1, 0.15) is 32.1 Å². The molecule has 0 amide bonds. The van der Waals surface area contributed by atoms with Gasteiger partial charge < -0.3 is 4.74 Å². The molecule has 0 saturated heterocycles. The molecule has 3 heteroatoms. The van der Waals surface area contributed by atoms with E-state index in [4.69, 9.17) is 4.74 Å². The lowest BCUT2D eigenvalue weighted by Gasteiger charge is -2.01. The maximum absolute atomic E-state index is 5.30. The summed E-state index contributed by atoms with van der Waals surface area (Å²) in [7, 11) is 0. The third-order valence-electron chi connectivity index (χ3n) is 1.68. The summed E-state index contributed by atoms with van der Waals surface area (Å²) in [6.45, 7) is 1.70. The van der Waals surface area contributed by atoms with Gasteiger partial charge in [-0.3, -0.25) is 0 Å². The maximum atomic E-state index is 5.30. The molecule has 0 unspecified atom stereocenters. The van der Waals surface area contributed by atoms with Gasteiger partial charge in [-0.2, -0.15) is 25.3 Å². The fourth-order valence-electron chi connectivity index (χ4n) is 1.01. The number of ether oxygens (including phenoxy) is 1. The molecule has 0 aromatic heterocycles. The van der Waals surface area contributed by atoms with E-state index in [2.05, 4.69) is 25.3 Å². The van der Waals surface area contributed by atoms with E-state index in [1.54, 1.807) is 0 Å². The molecule has 0 atom stereocenters. The van der Waals surface area contributed by atoms with Crippen LogP contribution in [-0.4, -0.2) is 24.7 Å². The molecule has 0 fully saturated rings. The van der Waals surface area contributed by atoms with Crippen LogP contribution in [-0.2, 0) is 4.74 Å². The Hall–Kier alpha value is 0.660. The predicted octanol–water partition coefficient (Wildman–Crippen LogP) is 2.81. The first-order valence-corrected chi connectivity index (χ1v) is 5.97. The normalized spacial score (nSPS) is 10.5. The van der Waals surface area contributed by atoms with Crippen molar-refractivity contribution in [3.05, 3.63) is 0 Å². The summed E-state index contributed by atoms with van der Waals surface area (Å²) in [4.78, 5) is 0. The van der Waals surface area contributed by atoms with E-state index in [0.717, 1.165) is 24.7 Å². The Morgan fingerprint density at radius 1 is 0.667 bits per heavy atom. The zero-order chi connectivity index (χ0) is 9.07. The van der Waals surface area contributed by atoms with Crippen molar-refractivity contribution in [3.63, 3.8) is 0 Å². The highest BCUT2D eigenvalue weighted by Gasteiger charge is 1.89. The molecule has 12 heavy (non-hydrogen) atoms. The standard InChI is InChI=1S/C9H20OS2/c11-8-5-3-1-2-4-6-10-7-9-12/h11-12H,1-9H2. The van der Waals surface area contributed by atoms with Gasteiger partial charge in [-0.05, 0) is 18.6 Å². The average molecular weight is 208 g/mol. The topological polar surface area (TPSA) is 9.23 Å². The SMILES string of the molecule is SCCCCCCCOCCS. The van der Waals surface area contributed by atoms with Crippen molar-refractivity contribution >= 4 is 25.3 Å². The number of unbranched alkanes of at least 4 members (excludes halogenated alkanes) is 4. The Kier molecular flexibility index (Phi) is 12.3. The first-order valence-electron chi connectivity index (χ1n) is 4.71. The number of rotatable bonds is 9. The second-order valence-electron chi connectivity index (χ2n) is 2.83. The van der Waals surface area contributed by atoms with E-state index in [1.807, 2.05) is 0 Å². The molecule has 0 heterocycles.